The van der Waals surface area contributed by atoms with Gasteiger partial charge in [0.1, 0.15) is 36.6 Å². The smallest absolute Gasteiger partial charge is 0.456 e. The minimum absolute atomic E-state index is 0.194. The first kappa shape index (κ1) is 34.3. The van der Waals surface area contributed by atoms with Crippen molar-refractivity contribution >= 4 is 18.1 Å². The SMILES string of the molecule is CO[C@H]1C[C@H]2C=C[C@H]3[C@H]4O[C@]2(/C(C)=C/[C@@H](C)[C@@H]([C@@H](C)OC(=O)OCC(CO)CO)OC1=O)[C@@H]3[C@H](O)[C@@H](C)[C@H]4OC(=O)C1=CC=CC1. The van der Waals surface area contributed by atoms with E-state index in [1.54, 1.807) is 13.0 Å². The highest BCUT2D eigenvalue weighted by Gasteiger charge is 2.69. The van der Waals surface area contributed by atoms with Gasteiger partial charge < -0.3 is 43.7 Å². The molecule has 5 aliphatic rings. The van der Waals surface area contributed by atoms with Crippen LogP contribution in [0.3, 0.4) is 0 Å². The zero-order valence-electron chi connectivity index (χ0n) is 26.9. The van der Waals surface area contributed by atoms with Gasteiger partial charge in [0.2, 0.25) is 0 Å². The normalized spacial score (nSPS) is 39.9. The van der Waals surface area contributed by atoms with Crippen molar-refractivity contribution < 1.29 is 58.1 Å². The minimum atomic E-state index is -1.03. The highest BCUT2D eigenvalue weighted by molar-refractivity contribution is 5.90. The van der Waals surface area contributed by atoms with E-state index in [1.165, 1.54) is 7.11 Å². The van der Waals surface area contributed by atoms with Crippen molar-refractivity contribution in [3.63, 3.8) is 0 Å². The molecule has 3 aliphatic carbocycles. The molecule has 46 heavy (non-hydrogen) atoms. The molecule has 0 amide bonds. The average molecular weight is 647 g/mol. The summed E-state index contributed by atoms with van der Waals surface area (Å²) in [6.07, 6.45) is 6.08. The van der Waals surface area contributed by atoms with Crippen LogP contribution in [0.2, 0.25) is 0 Å². The van der Waals surface area contributed by atoms with Crippen molar-refractivity contribution in [2.24, 2.45) is 35.5 Å². The number of hydrogen-bond donors (Lipinski definition) is 3. The van der Waals surface area contributed by atoms with Crippen LogP contribution in [-0.4, -0.2) is 103 Å². The van der Waals surface area contributed by atoms with Crippen LogP contribution in [-0.2, 0) is 38.0 Å². The number of esters is 2. The predicted octanol–water partition coefficient (Wildman–Crippen LogP) is 2.41. The Morgan fingerprint density at radius 3 is 2.57 bits per heavy atom. The fourth-order valence-corrected chi connectivity index (χ4v) is 7.89. The van der Waals surface area contributed by atoms with Gasteiger partial charge in [-0.25, -0.2) is 14.4 Å². The maximum Gasteiger partial charge on any atom is 0.508 e. The second-order valence-electron chi connectivity index (χ2n) is 13.2. The number of carbonyl (C=O) groups excluding carboxylic acids is 3. The molecule has 0 aromatic rings. The lowest BCUT2D eigenvalue weighted by atomic mass is 9.57. The van der Waals surface area contributed by atoms with Crippen molar-refractivity contribution in [1.82, 2.24) is 0 Å². The van der Waals surface area contributed by atoms with Gasteiger partial charge >= 0.3 is 18.1 Å². The molecule has 5 rings (SSSR count). The summed E-state index contributed by atoms with van der Waals surface area (Å²) >= 11 is 0. The molecule has 12 atom stereocenters. The molecule has 1 saturated heterocycles. The third-order valence-electron chi connectivity index (χ3n) is 10.4. The maximum absolute atomic E-state index is 13.5. The van der Waals surface area contributed by atoms with Crippen LogP contribution in [0.15, 0.2) is 47.6 Å². The Morgan fingerprint density at radius 2 is 1.91 bits per heavy atom. The molecule has 0 aromatic heterocycles. The van der Waals surface area contributed by atoms with Gasteiger partial charge in [0.25, 0.3) is 0 Å². The number of aliphatic hydroxyl groups is 3. The molecule has 2 heterocycles. The topological polar surface area (TPSA) is 167 Å². The standard InChI is InChI=1S/C34H46O12/c1-17-12-18(2)34-23(13-25(41-5)32(39)44-28(17)20(4)43-33(40)42-16-21(14-35)15-36)10-11-24-26(34)27(37)19(3)29(30(24)46-34)45-31(38)22-8-6-7-9-22/h6-8,10-12,17,19-21,23-30,35-37H,9,13-16H2,1-5H3/b18-12+/t17-,19-,20-,23-,24-,25+,26+,27-,28+,29-,30-,34+/m1/s1. The van der Waals surface area contributed by atoms with Crippen LogP contribution in [0.5, 0.6) is 0 Å². The molecular weight excluding hydrogens is 600 g/mol. The molecule has 254 valence electrons. The van der Waals surface area contributed by atoms with Gasteiger partial charge in [-0.1, -0.05) is 50.3 Å². The Balaban J connectivity index is 1.45. The lowest BCUT2D eigenvalue weighted by molar-refractivity contribution is -0.174. The van der Waals surface area contributed by atoms with E-state index in [-0.39, 0.29) is 44.0 Å². The molecule has 12 heteroatoms. The molecule has 0 aromatic carbocycles. The molecular formula is C34H46O12. The summed E-state index contributed by atoms with van der Waals surface area (Å²) in [7, 11) is 1.42. The van der Waals surface area contributed by atoms with Crippen molar-refractivity contribution in [3.8, 4) is 0 Å². The van der Waals surface area contributed by atoms with E-state index >= 15 is 0 Å². The summed E-state index contributed by atoms with van der Waals surface area (Å²) in [5.41, 5.74) is 0.329. The number of cyclic esters (lactones) is 1. The zero-order valence-corrected chi connectivity index (χ0v) is 26.9. The summed E-state index contributed by atoms with van der Waals surface area (Å²) < 4.78 is 35.1. The number of carbonyl (C=O) groups is 3. The molecule has 12 nitrogen and oxygen atoms in total. The van der Waals surface area contributed by atoms with Gasteiger partial charge in [-0.05, 0) is 32.3 Å². The zero-order chi connectivity index (χ0) is 33.3. The number of aliphatic hydroxyl groups excluding tert-OH is 3. The van der Waals surface area contributed by atoms with Gasteiger partial charge in [0.15, 0.2) is 6.10 Å². The van der Waals surface area contributed by atoms with Crippen LogP contribution in [0, 0.1) is 35.5 Å². The third-order valence-corrected chi connectivity index (χ3v) is 10.4. The van der Waals surface area contributed by atoms with E-state index in [0.29, 0.717) is 12.0 Å². The summed E-state index contributed by atoms with van der Waals surface area (Å²) in [6, 6.07) is 0. The fourth-order valence-electron chi connectivity index (χ4n) is 7.89. The molecule has 3 N–H and O–H groups in total. The van der Waals surface area contributed by atoms with E-state index < -0.39 is 78.1 Å². The van der Waals surface area contributed by atoms with E-state index in [0.717, 1.165) is 5.57 Å². The van der Waals surface area contributed by atoms with Crippen LogP contribution in [0.4, 0.5) is 4.79 Å². The molecule has 4 bridgehead atoms. The van der Waals surface area contributed by atoms with Crippen LogP contribution in [0.25, 0.3) is 0 Å². The highest BCUT2D eigenvalue weighted by Crippen LogP contribution is 2.61. The van der Waals surface area contributed by atoms with E-state index in [4.69, 9.17) is 28.4 Å². The first-order valence-electron chi connectivity index (χ1n) is 16.0. The van der Waals surface area contributed by atoms with Crippen molar-refractivity contribution in [1.29, 1.82) is 0 Å². The molecule has 0 radical (unpaired) electrons. The lowest BCUT2D eigenvalue weighted by Crippen LogP contribution is -2.57. The number of hydrogen-bond acceptors (Lipinski definition) is 12. The summed E-state index contributed by atoms with van der Waals surface area (Å²) in [6.45, 7) is 6.24. The molecule has 0 unspecified atom stereocenters. The average Bonchev–Trinajstić information content (AvgIpc) is 3.64. The number of ether oxygens (including phenoxy) is 6. The fraction of sp³-hybridized carbons (Fsp3) is 0.676. The monoisotopic (exact) mass is 646 g/mol. The molecule has 1 saturated carbocycles. The summed E-state index contributed by atoms with van der Waals surface area (Å²) in [4.78, 5) is 39.1. The minimum Gasteiger partial charge on any atom is -0.456 e. The van der Waals surface area contributed by atoms with Crippen molar-refractivity contribution in [2.75, 3.05) is 26.9 Å². The Kier molecular flexibility index (Phi) is 10.4. The largest absolute Gasteiger partial charge is 0.508 e. The number of rotatable bonds is 9. The van der Waals surface area contributed by atoms with Gasteiger partial charge in [-0.3, -0.25) is 0 Å². The van der Waals surface area contributed by atoms with Gasteiger partial charge in [0, 0.05) is 48.2 Å². The van der Waals surface area contributed by atoms with Crippen molar-refractivity contribution in [2.45, 2.75) is 82.8 Å². The van der Waals surface area contributed by atoms with Crippen LogP contribution >= 0.6 is 0 Å². The van der Waals surface area contributed by atoms with E-state index in [1.807, 2.05) is 51.2 Å². The van der Waals surface area contributed by atoms with Crippen LogP contribution in [0.1, 0.15) is 40.5 Å². The number of allylic oxidation sites excluding steroid dienone is 3. The Bertz CT molecular complexity index is 1280. The Hall–Kier alpha value is -3.03. The highest BCUT2D eigenvalue weighted by atomic mass is 16.7. The lowest BCUT2D eigenvalue weighted by Gasteiger charge is -2.49. The first-order valence-corrected chi connectivity index (χ1v) is 16.0. The van der Waals surface area contributed by atoms with Crippen molar-refractivity contribution in [3.05, 3.63) is 47.6 Å². The quantitative estimate of drug-likeness (QED) is 0.190. The summed E-state index contributed by atoms with van der Waals surface area (Å²) in [5.74, 6) is -3.60. The number of methoxy groups -OCH3 is 1. The maximum atomic E-state index is 13.5. The van der Waals surface area contributed by atoms with Crippen LogP contribution < -0.4 is 0 Å². The molecule has 1 spiro atoms. The Morgan fingerprint density at radius 1 is 1.17 bits per heavy atom. The van der Waals surface area contributed by atoms with Gasteiger partial charge in [-0.15, -0.1) is 0 Å². The van der Waals surface area contributed by atoms with Gasteiger partial charge in [0.05, 0.1) is 19.3 Å². The molecule has 2 fully saturated rings. The first-order chi connectivity index (χ1) is 22.0. The molecule has 2 aliphatic heterocycles. The van der Waals surface area contributed by atoms with Gasteiger partial charge in [-0.2, -0.15) is 0 Å². The summed E-state index contributed by atoms with van der Waals surface area (Å²) in [5, 5.41) is 30.4. The van der Waals surface area contributed by atoms with E-state index in [2.05, 4.69) is 0 Å². The third kappa shape index (κ3) is 6.17. The van der Waals surface area contributed by atoms with E-state index in [9.17, 15) is 29.7 Å². The second kappa shape index (κ2) is 14.0. The Labute approximate surface area is 269 Å². The second-order valence-corrected chi connectivity index (χ2v) is 13.2. The predicted molar refractivity (Wildman–Crippen MR) is 162 cm³/mol.